The number of rotatable bonds is 9. The molecule has 0 aliphatic carbocycles. The molecule has 10 heteroatoms. The molecule has 3 N–H and O–H groups in total. The van der Waals surface area contributed by atoms with E-state index < -0.39 is 17.2 Å². The predicted octanol–water partition coefficient (Wildman–Crippen LogP) is 1.73. The number of carbonyl (C=O) groups excluding carboxylic acids is 1. The summed E-state index contributed by atoms with van der Waals surface area (Å²) < 4.78 is 0. The van der Waals surface area contributed by atoms with Crippen molar-refractivity contribution in [3.8, 4) is 0 Å². The Labute approximate surface area is 182 Å². The molecule has 0 radical (unpaired) electrons. The summed E-state index contributed by atoms with van der Waals surface area (Å²) in [6, 6.07) is 18.2. The van der Waals surface area contributed by atoms with Crippen LogP contribution < -0.4 is 21.6 Å². The Morgan fingerprint density at radius 3 is 2.58 bits per heavy atom. The number of thioether (sulfide) groups is 1. The van der Waals surface area contributed by atoms with Crippen LogP contribution in [0.4, 0.5) is 5.69 Å². The van der Waals surface area contributed by atoms with Crippen LogP contribution >= 0.6 is 11.8 Å². The zero-order valence-corrected chi connectivity index (χ0v) is 17.7. The van der Waals surface area contributed by atoms with E-state index in [0.717, 1.165) is 36.1 Å². The molecule has 0 saturated heterocycles. The maximum atomic E-state index is 11.9. The van der Waals surface area contributed by atoms with Crippen molar-refractivity contribution >= 4 is 29.6 Å². The molecule has 0 fully saturated rings. The quantitative estimate of drug-likeness (QED) is 0.266. The van der Waals surface area contributed by atoms with Crippen LogP contribution in [-0.2, 0) is 11.3 Å². The number of benzene rings is 2. The van der Waals surface area contributed by atoms with Gasteiger partial charge in [-0.3, -0.25) is 14.6 Å². The second kappa shape index (κ2) is 10.9. The Balaban J connectivity index is 1.51. The minimum Gasteiger partial charge on any atom is -0.367 e. The molecule has 31 heavy (non-hydrogen) atoms. The fourth-order valence-corrected chi connectivity index (χ4v) is 3.37. The van der Waals surface area contributed by atoms with E-state index in [4.69, 9.17) is 0 Å². The van der Waals surface area contributed by atoms with Gasteiger partial charge in [0.15, 0.2) is 5.03 Å². The summed E-state index contributed by atoms with van der Waals surface area (Å²) in [7, 11) is 0. The lowest BCUT2D eigenvalue weighted by Crippen LogP contribution is -2.26. The van der Waals surface area contributed by atoms with Crippen LogP contribution in [0.25, 0.3) is 0 Å². The number of carbonyl (C=O) groups is 1. The molecule has 3 aromatic rings. The summed E-state index contributed by atoms with van der Waals surface area (Å²) in [4.78, 5) is 38.6. The third-order valence-corrected chi connectivity index (χ3v) is 5.24. The minimum absolute atomic E-state index is 0.00491. The lowest BCUT2D eigenvalue weighted by Gasteiger charge is -2.23. The zero-order chi connectivity index (χ0) is 22.1. The van der Waals surface area contributed by atoms with Gasteiger partial charge in [-0.2, -0.15) is 10.2 Å². The van der Waals surface area contributed by atoms with Crippen molar-refractivity contribution in [2.45, 2.75) is 18.5 Å². The van der Waals surface area contributed by atoms with Crippen LogP contribution in [0.15, 0.2) is 74.3 Å². The van der Waals surface area contributed by atoms with Crippen molar-refractivity contribution in [2.75, 3.05) is 17.2 Å². The highest BCUT2D eigenvalue weighted by molar-refractivity contribution is 7.99. The Kier molecular flexibility index (Phi) is 7.77. The van der Waals surface area contributed by atoms with Crippen molar-refractivity contribution in [3.05, 3.63) is 86.6 Å². The van der Waals surface area contributed by atoms with Gasteiger partial charge in [-0.05, 0) is 30.2 Å². The third kappa shape index (κ3) is 6.68. The first kappa shape index (κ1) is 22.0. The van der Waals surface area contributed by atoms with E-state index in [2.05, 4.69) is 44.7 Å². The molecular formula is C21H22N6O3S. The van der Waals surface area contributed by atoms with Crippen LogP contribution in [0.5, 0.6) is 0 Å². The van der Waals surface area contributed by atoms with E-state index in [1.54, 1.807) is 6.21 Å². The second-order valence-electron chi connectivity index (χ2n) is 6.49. The molecule has 1 aromatic heterocycles. The van der Waals surface area contributed by atoms with E-state index in [9.17, 15) is 14.4 Å². The highest BCUT2D eigenvalue weighted by Crippen LogP contribution is 2.17. The SMILES string of the molecule is CCN(Cc1ccccc1)c1ccc(/C=N/NC(=O)CSc2n[nH]c(=O)[nH]c2=O)cc1. The van der Waals surface area contributed by atoms with Crippen LogP contribution in [0, 0.1) is 0 Å². The molecule has 2 aromatic carbocycles. The fraction of sp³-hybridized carbons (Fsp3) is 0.190. The predicted molar refractivity (Wildman–Crippen MR) is 122 cm³/mol. The Bertz CT molecular complexity index is 1140. The number of amides is 1. The lowest BCUT2D eigenvalue weighted by atomic mass is 10.1. The highest BCUT2D eigenvalue weighted by atomic mass is 32.2. The van der Waals surface area contributed by atoms with Gasteiger partial charge < -0.3 is 4.90 Å². The summed E-state index contributed by atoms with van der Waals surface area (Å²) in [5.74, 6) is -0.464. The molecule has 0 spiro atoms. The average molecular weight is 439 g/mol. The van der Waals surface area contributed by atoms with Gasteiger partial charge in [0.2, 0.25) is 5.91 Å². The first-order chi connectivity index (χ1) is 15.0. The van der Waals surface area contributed by atoms with Gasteiger partial charge in [0.1, 0.15) is 0 Å². The van der Waals surface area contributed by atoms with Gasteiger partial charge in [-0.25, -0.2) is 15.3 Å². The number of hydrazone groups is 1. The molecule has 0 aliphatic rings. The smallest absolute Gasteiger partial charge is 0.342 e. The van der Waals surface area contributed by atoms with Crippen molar-refractivity contribution in [1.29, 1.82) is 0 Å². The third-order valence-electron chi connectivity index (χ3n) is 4.28. The number of anilines is 1. The minimum atomic E-state index is -0.698. The number of nitrogens with one attached hydrogen (secondary N) is 3. The van der Waals surface area contributed by atoms with Crippen molar-refractivity contribution in [2.24, 2.45) is 5.10 Å². The summed E-state index contributed by atoms with van der Waals surface area (Å²) >= 11 is 0.902. The lowest BCUT2D eigenvalue weighted by molar-refractivity contribution is -0.118. The Morgan fingerprint density at radius 1 is 1.16 bits per heavy atom. The largest absolute Gasteiger partial charge is 0.367 e. The van der Waals surface area contributed by atoms with Gasteiger partial charge in [0, 0.05) is 18.8 Å². The molecule has 0 unspecified atom stereocenters. The molecule has 160 valence electrons. The molecule has 1 heterocycles. The zero-order valence-electron chi connectivity index (χ0n) is 16.9. The van der Waals surface area contributed by atoms with Crippen LogP contribution in [0.2, 0.25) is 0 Å². The second-order valence-corrected chi connectivity index (χ2v) is 7.45. The monoisotopic (exact) mass is 438 g/mol. The maximum absolute atomic E-state index is 11.9. The van der Waals surface area contributed by atoms with Gasteiger partial charge in [-0.1, -0.05) is 54.2 Å². The molecule has 0 aliphatic heterocycles. The average Bonchev–Trinajstić information content (AvgIpc) is 2.78. The number of hydrogen-bond acceptors (Lipinski definition) is 7. The number of aromatic amines is 2. The van der Waals surface area contributed by atoms with E-state index in [1.165, 1.54) is 5.56 Å². The van der Waals surface area contributed by atoms with Gasteiger partial charge in [0.05, 0.1) is 12.0 Å². The number of aromatic nitrogens is 3. The maximum Gasteiger partial charge on any atom is 0.342 e. The molecule has 0 bridgehead atoms. The normalized spacial score (nSPS) is 10.9. The summed E-state index contributed by atoms with van der Waals surface area (Å²) in [6.07, 6.45) is 1.55. The van der Waals surface area contributed by atoms with Crippen molar-refractivity contribution in [3.63, 3.8) is 0 Å². The molecule has 0 saturated carbocycles. The molecule has 0 atom stereocenters. The van der Waals surface area contributed by atoms with Crippen LogP contribution in [0.1, 0.15) is 18.1 Å². The topological polar surface area (TPSA) is 123 Å². The van der Waals surface area contributed by atoms with Gasteiger partial charge in [-0.15, -0.1) is 0 Å². The van der Waals surface area contributed by atoms with E-state index in [1.807, 2.05) is 47.4 Å². The van der Waals surface area contributed by atoms with Gasteiger partial charge in [0.25, 0.3) is 5.56 Å². The molecule has 1 amide bonds. The van der Waals surface area contributed by atoms with Crippen molar-refractivity contribution in [1.82, 2.24) is 20.6 Å². The highest BCUT2D eigenvalue weighted by Gasteiger charge is 2.07. The first-order valence-electron chi connectivity index (χ1n) is 9.58. The summed E-state index contributed by atoms with van der Waals surface area (Å²) in [5, 5.41) is 9.65. The fourth-order valence-electron chi connectivity index (χ4n) is 2.74. The van der Waals surface area contributed by atoms with Crippen molar-refractivity contribution < 1.29 is 4.79 Å². The van der Waals surface area contributed by atoms with E-state index >= 15 is 0 Å². The Hall–Kier alpha value is -3.66. The van der Waals surface area contributed by atoms with Gasteiger partial charge >= 0.3 is 5.69 Å². The van der Waals surface area contributed by atoms with Crippen LogP contribution in [-0.4, -0.2) is 39.6 Å². The van der Waals surface area contributed by atoms with E-state index in [-0.39, 0.29) is 10.8 Å². The molecule has 3 rings (SSSR count). The summed E-state index contributed by atoms with van der Waals surface area (Å²) in [5.41, 5.74) is 4.25. The Morgan fingerprint density at radius 2 is 1.90 bits per heavy atom. The molecular weight excluding hydrogens is 416 g/mol. The summed E-state index contributed by atoms with van der Waals surface area (Å²) in [6.45, 7) is 3.82. The van der Waals surface area contributed by atoms with E-state index in [0.29, 0.717) is 0 Å². The molecule has 9 nitrogen and oxygen atoms in total. The number of nitrogens with zero attached hydrogens (tertiary/aromatic N) is 3. The number of H-pyrrole nitrogens is 2. The number of hydrogen-bond donors (Lipinski definition) is 3. The van der Waals surface area contributed by atoms with Crippen LogP contribution in [0.3, 0.4) is 0 Å². The standard InChI is InChI=1S/C21H22N6O3S/c1-2-27(13-16-6-4-3-5-7-16)17-10-8-15(9-11-17)12-22-24-18(28)14-31-20-19(29)23-21(30)26-25-20/h3-12H,2,13-14H2,1H3,(H,24,28)(H2,23,26,29,30)/b22-12+. The first-order valence-corrected chi connectivity index (χ1v) is 10.6.